The summed E-state index contributed by atoms with van der Waals surface area (Å²) in [5.74, 6) is -2.30. The van der Waals surface area contributed by atoms with Crippen LogP contribution in [0.4, 0.5) is 0 Å². The zero-order valence-corrected chi connectivity index (χ0v) is 67.2. The van der Waals surface area contributed by atoms with Crippen molar-refractivity contribution in [1.29, 1.82) is 0 Å². The van der Waals surface area contributed by atoms with E-state index in [2.05, 4.69) is 131 Å². The molecular formula is C85H146O17P2. The van der Waals surface area contributed by atoms with Crippen molar-refractivity contribution in [2.45, 2.75) is 354 Å². The second kappa shape index (κ2) is 76.6. The van der Waals surface area contributed by atoms with Gasteiger partial charge >= 0.3 is 39.5 Å². The number of ether oxygens (including phenoxy) is 4. The van der Waals surface area contributed by atoms with Crippen molar-refractivity contribution in [3.63, 3.8) is 0 Å². The zero-order chi connectivity index (χ0) is 76.0. The largest absolute Gasteiger partial charge is 0.472 e. The summed E-state index contributed by atoms with van der Waals surface area (Å²) in [6, 6.07) is 0. The van der Waals surface area contributed by atoms with Gasteiger partial charge in [-0.25, -0.2) is 9.13 Å². The average Bonchev–Trinajstić information content (AvgIpc) is 0.918. The van der Waals surface area contributed by atoms with E-state index in [0.29, 0.717) is 32.1 Å². The number of phosphoric acid groups is 2. The van der Waals surface area contributed by atoms with Crippen LogP contribution in [-0.2, 0) is 65.4 Å². The Bertz CT molecular complexity index is 2440. The third-order valence-corrected chi connectivity index (χ3v) is 18.8. The molecule has 104 heavy (non-hydrogen) atoms. The van der Waals surface area contributed by atoms with Crippen LogP contribution in [0.15, 0.2) is 122 Å². The number of hydrogen-bond donors (Lipinski definition) is 3. The van der Waals surface area contributed by atoms with Crippen molar-refractivity contribution in [2.24, 2.45) is 0 Å². The maximum Gasteiger partial charge on any atom is 0.472 e. The first-order chi connectivity index (χ1) is 50.7. The molecule has 0 aliphatic rings. The van der Waals surface area contributed by atoms with Gasteiger partial charge in [0.05, 0.1) is 26.4 Å². The Morgan fingerprint density at radius 2 is 0.519 bits per heavy atom. The van der Waals surface area contributed by atoms with Gasteiger partial charge in [-0.1, -0.05) is 284 Å². The van der Waals surface area contributed by atoms with E-state index in [1.54, 1.807) is 0 Å². The zero-order valence-electron chi connectivity index (χ0n) is 65.4. The lowest BCUT2D eigenvalue weighted by Crippen LogP contribution is -2.30. The maximum atomic E-state index is 13.1. The quantitative estimate of drug-likeness (QED) is 0.0169. The normalized spacial score (nSPS) is 14.5. The van der Waals surface area contributed by atoms with Gasteiger partial charge in [-0.2, -0.15) is 0 Å². The average molecular weight is 1500 g/mol. The Morgan fingerprint density at radius 3 is 0.856 bits per heavy atom. The van der Waals surface area contributed by atoms with Crippen LogP contribution in [0, 0.1) is 0 Å². The van der Waals surface area contributed by atoms with Crippen LogP contribution in [0.5, 0.6) is 0 Å². The van der Waals surface area contributed by atoms with Crippen LogP contribution in [0.25, 0.3) is 0 Å². The number of allylic oxidation sites excluding steroid dienone is 20. The number of carbonyl (C=O) groups excluding carboxylic acids is 4. The Hall–Kier alpha value is -4.54. The second-order valence-corrected chi connectivity index (χ2v) is 29.9. The van der Waals surface area contributed by atoms with Crippen molar-refractivity contribution in [3.05, 3.63) is 122 Å². The van der Waals surface area contributed by atoms with Gasteiger partial charge in [0.15, 0.2) is 12.2 Å². The molecule has 0 aromatic carbocycles. The molecule has 0 bridgehead atoms. The first-order valence-corrected chi connectivity index (χ1v) is 43.8. The SMILES string of the molecule is CC/C=C\C/C=C\C/C=C\C/C=C\C/C=C\C/C=C\CCC(=O)OC[C@H](COP(=O)(O)OC[C@@H](O)COP(=O)(O)OC[C@@H](COC(=O)CCCCCCC/C=C\C/C=C\CCCCC)OC(=O)CCCCCCC/C=C\CCCCCCCC)OC(=O)CCCCCCC/C=C\CCCCCCCC. The highest BCUT2D eigenvalue weighted by atomic mass is 31.2. The van der Waals surface area contributed by atoms with E-state index in [1.807, 2.05) is 18.2 Å². The highest BCUT2D eigenvalue weighted by molar-refractivity contribution is 7.47. The van der Waals surface area contributed by atoms with Crippen LogP contribution >= 0.6 is 15.6 Å². The van der Waals surface area contributed by atoms with Crippen LogP contribution < -0.4 is 0 Å². The number of aliphatic hydroxyl groups is 1. The summed E-state index contributed by atoms with van der Waals surface area (Å²) < 4.78 is 68.6. The molecule has 0 aromatic heterocycles. The van der Waals surface area contributed by atoms with E-state index in [-0.39, 0.29) is 25.7 Å². The third kappa shape index (κ3) is 75.7. The van der Waals surface area contributed by atoms with Crippen molar-refractivity contribution in [2.75, 3.05) is 39.6 Å². The van der Waals surface area contributed by atoms with E-state index in [1.165, 1.54) is 96.3 Å². The monoisotopic (exact) mass is 1500 g/mol. The molecule has 0 fully saturated rings. The molecule has 0 radical (unpaired) electrons. The number of phosphoric ester groups is 2. The summed E-state index contributed by atoms with van der Waals surface area (Å²) in [5, 5.41) is 10.6. The molecule has 0 aromatic rings. The molecule has 0 heterocycles. The molecule has 0 rings (SSSR count). The maximum absolute atomic E-state index is 13.1. The predicted molar refractivity (Wildman–Crippen MR) is 427 cm³/mol. The molecule has 0 spiro atoms. The molecule has 2 unspecified atom stereocenters. The molecule has 598 valence electrons. The smallest absolute Gasteiger partial charge is 0.462 e. The fourth-order valence-corrected chi connectivity index (χ4v) is 12.3. The van der Waals surface area contributed by atoms with Gasteiger partial charge in [0.2, 0.25) is 0 Å². The second-order valence-electron chi connectivity index (χ2n) is 27.0. The van der Waals surface area contributed by atoms with Crippen molar-refractivity contribution < 1.29 is 80.2 Å². The van der Waals surface area contributed by atoms with E-state index in [9.17, 15) is 43.2 Å². The standard InChI is InChI=1S/C85H146O17P2/c1-5-9-13-17-21-25-29-33-37-38-39-40-44-46-50-54-58-62-66-70-83(88)96-76-81(102-85(90)72-68-64-60-56-52-48-43-36-32-28-24-20-16-12-8-4)78-100-104(93,94)98-74-79(86)73-97-103(91,92)99-77-80(101-84(89)71-67-63-59-55-51-47-42-35-31-27-23-19-15-11-7-3)75-95-82(87)69-65-61-57-53-49-45-41-34-30-26-22-18-14-10-6-2/h9,13,21-22,25-26,33-37,39-43,46,50,58,62,79-81,86H,5-8,10-12,14-20,23-24,27-32,38,44-45,47-49,51-57,59-61,63-78H2,1-4H3,(H,91,92)(H,93,94)/b13-9-,25-21-,26-22-,37-33-,40-39-,41-34-,42-35-,43-36-,50-46-,62-58-/t79-,80+,81+/m0/s1. The summed E-state index contributed by atoms with van der Waals surface area (Å²) in [6.45, 7) is 4.63. The van der Waals surface area contributed by atoms with Crippen molar-refractivity contribution >= 4 is 39.5 Å². The number of carbonyl (C=O) groups is 4. The van der Waals surface area contributed by atoms with Crippen molar-refractivity contribution in [3.8, 4) is 0 Å². The molecule has 0 saturated carbocycles. The molecule has 0 aliphatic heterocycles. The lowest BCUT2D eigenvalue weighted by Gasteiger charge is -2.21. The van der Waals surface area contributed by atoms with Gasteiger partial charge in [0, 0.05) is 25.7 Å². The van der Waals surface area contributed by atoms with Gasteiger partial charge in [-0.3, -0.25) is 37.3 Å². The predicted octanol–water partition coefficient (Wildman–Crippen LogP) is 23.9. The Morgan fingerprint density at radius 1 is 0.279 bits per heavy atom. The fourth-order valence-electron chi connectivity index (χ4n) is 10.7. The van der Waals surface area contributed by atoms with E-state index >= 15 is 0 Å². The molecule has 0 amide bonds. The van der Waals surface area contributed by atoms with Crippen LogP contribution in [0.3, 0.4) is 0 Å². The topological polar surface area (TPSA) is 237 Å². The Labute approximate surface area is 632 Å². The minimum atomic E-state index is -5.00. The van der Waals surface area contributed by atoms with Gasteiger partial charge in [0.1, 0.15) is 19.3 Å². The van der Waals surface area contributed by atoms with Crippen LogP contribution in [0.1, 0.15) is 336 Å². The fraction of sp³-hybridized carbons (Fsp3) is 0.718. The summed E-state index contributed by atoms with van der Waals surface area (Å²) in [5.41, 5.74) is 0. The summed E-state index contributed by atoms with van der Waals surface area (Å²) >= 11 is 0. The first-order valence-electron chi connectivity index (χ1n) is 40.8. The lowest BCUT2D eigenvalue weighted by atomic mass is 10.1. The number of unbranched alkanes of at least 4 members (excludes halogenated alkanes) is 30. The Balaban J connectivity index is 5.44. The highest BCUT2D eigenvalue weighted by Crippen LogP contribution is 2.45. The number of hydrogen-bond acceptors (Lipinski definition) is 15. The summed E-state index contributed by atoms with van der Waals surface area (Å²) in [6.07, 6.45) is 84.7. The van der Waals surface area contributed by atoms with E-state index in [0.717, 1.165) is 154 Å². The van der Waals surface area contributed by atoms with Gasteiger partial charge in [-0.15, -0.1) is 0 Å². The first kappa shape index (κ1) is 99.5. The van der Waals surface area contributed by atoms with Crippen LogP contribution in [-0.4, -0.2) is 96.7 Å². The van der Waals surface area contributed by atoms with Gasteiger partial charge < -0.3 is 33.8 Å². The number of aliphatic hydroxyl groups excluding tert-OH is 1. The molecule has 5 atom stereocenters. The number of rotatable bonds is 76. The third-order valence-electron chi connectivity index (χ3n) is 16.9. The van der Waals surface area contributed by atoms with E-state index in [4.69, 9.17) is 37.0 Å². The van der Waals surface area contributed by atoms with Crippen LogP contribution in [0.2, 0.25) is 0 Å². The molecule has 3 N–H and O–H groups in total. The minimum absolute atomic E-state index is 0.0328. The summed E-state index contributed by atoms with van der Waals surface area (Å²) in [4.78, 5) is 73.0. The molecule has 0 aliphatic carbocycles. The molecule has 0 saturated heterocycles. The molecule has 19 heteroatoms. The van der Waals surface area contributed by atoms with Gasteiger partial charge in [-0.05, 0) is 148 Å². The van der Waals surface area contributed by atoms with Crippen molar-refractivity contribution in [1.82, 2.24) is 0 Å². The van der Waals surface area contributed by atoms with Gasteiger partial charge in [0.25, 0.3) is 0 Å². The molecule has 17 nitrogen and oxygen atoms in total. The van der Waals surface area contributed by atoms with E-state index < -0.39 is 97.5 Å². The number of esters is 4. The Kier molecular flexibility index (Phi) is 73.3. The lowest BCUT2D eigenvalue weighted by molar-refractivity contribution is -0.161. The minimum Gasteiger partial charge on any atom is -0.462 e. The highest BCUT2D eigenvalue weighted by Gasteiger charge is 2.30. The molecular weight excluding hydrogens is 1350 g/mol. The summed E-state index contributed by atoms with van der Waals surface area (Å²) in [7, 11) is -9.99.